The summed E-state index contributed by atoms with van der Waals surface area (Å²) in [4.78, 5) is 27.3. The Morgan fingerprint density at radius 1 is 1.23 bits per heavy atom. The molecule has 0 spiro atoms. The van der Waals surface area contributed by atoms with Crippen LogP contribution < -0.4 is 10.5 Å². The minimum atomic E-state index is -0.739. The van der Waals surface area contributed by atoms with Gasteiger partial charge >= 0.3 is 11.7 Å². The Morgan fingerprint density at radius 2 is 1.86 bits per heavy atom. The highest BCUT2D eigenvalue weighted by Gasteiger charge is 2.19. The van der Waals surface area contributed by atoms with Gasteiger partial charge in [-0.2, -0.15) is 9.97 Å². The van der Waals surface area contributed by atoms with Gasteiger partial charge < -0.3 is 10.5 Å². The van der Waals surface area contributed by atoms with Crippen molar-refractivity contribution in [3.8, 4) is 11.8 Å². The average Bonchev–Trinajstić information content (AvgIpc) is 2.41. The number of nitrogens with zero attached hydrogens (tertiary/aromatic N) is 4. The minimum absolute atomic E-state index is 0.0426. The van der Waals surface area contributed by atoms with E-state index in [0.717, 1.165) is 12.3 Å². The van der Waals surface area contributed by atoms with Gasteiger partial charge in [0.2, 0.25) is 5.82 Å². The van der Waals surface area contributed by atoms with Gasteiger partial charge in [-0.05, 0) is 18.6 Å². The lowest BCUT2D eigenvalue weighted by molar-refractivity contribution is -0.384. The van der Waals surface area contributed by atoms with E-state index in [4.69, 9.17) is 22.1 Å². The smallest absolute Gasteiger partial charge is 0.329 e. The van der Waals surface area contributed by atoms with Crippen molar-refractivity contribution in [1.29, 1.82) is 0 Å². The Hall–Kier alpha value is -3.01. The Bertz CT molecular complexity index is 782. The number of nitrogen functional groups attached to an aromatic ring is 1. The molecular formula is C11H8ClN5O5. The molecule has 0 unspecified atom stereocenters. The van der Waals surface area contributed by atoms with Crippen LogP contribution in [0.5, 0.6) is 11.8 Å². The lowest BCUT2D eigenvalue weighted by Gasteiger charge is -2.08. The molecule has 0 saturated heterocycles. The third kappa shape index (κ3) is 3.01. The number of hydrogen-bond acceptors (Lipinski definition) is 8. The number of anilines is 1. The van der Waals surface area contributed by atoms with Crippen molar-refractivity contribution < 1.29 is 14.6 Å². The predicted octanol–water partition coefficient (Wildman–Crippen LogP) is 2.63. The van der Waals surface area contributed by atoms with Crippen LogP contribution in [0.2, 0.25) is 5.02 Å². The first-order chi connectivity index (χ1) is 10.3. The highest BCUT2D eigenvalue weighted by atomic mass is 35.5. The average molecular weight is 326 g/mol. The molecule has 114 valence electrons. The first-order valence-electron chi connectivity index (χ1n) is 5.69. The van der Waals surface area contributed by atoms with Gasteiger partial charge in [0.05, 0.1) is 15.9 Å². The number of ether oxygens (including phenoxy) is 1. The van der Waals surface area contributed by atoms with Crippen LogP contribution in [0.4, 0.5) is 17.2 Å². The van der Waals surface area contributed by atoms with Gasteiger partial charge in [0.15, 0.2) is 0 Å². The van der Waals surface area contributed by atoms with Crippen LogP contribution in [0.15, 0.2) is 18.3 Å². The van der Waals surface area contributed by atoms with Crippen molar-refractivity contribution in [2.24, 2.45) is 0 Å². The number of rotatable bonds is 4. The summed E-state index contributed by atoms with van der Waals surface area (Å²) in [6.45, 7) is 1.61. The van der Waals surface area contributed by atoms with Crippen molar-refractivity contribution in [3.63, 3.8) is 0 Å². The van der Waals surface area contributed by atoms with Gasteiger partial charge in [-0.15, -0.1) is 0 Å². The number of aryl methyl sites for hydroxylation is 1. The molecule has 0 amide bonds. The monoisotopic (exact) mass is 325 g/mol. The minimum Gasteiger partial charge on any atom is -0.424 e. The van der Waals surface area contributed by atoms with Crippen molar-refractivity contribution in [2.75, 3.05) is 5.73 Å². The third-order valence-electron chi connectivity index (χ3n) is 2.61. The number of hydrogen-bond donors (Lipinski definition) is 1. The van der Waals surface area contributed by atoms with Crippen molar-refractivity contribution >= 4 is 28.8 Å². The van der Waals surface area contributed by atoms with Crippen molar-refractivity contribution in [3.05, 3.63) is 49.1 Å². The Morgan fingerprint density at radius 3 is 2.41 bits per heavy atom. The van der Waals surface area contributed by atoms with Gasteiger partial charge in [0.25, 0.3) is 5.69 Å². The van der Waals surface area contributed by atoms with E-state index in [0.29, 0.717) is 5.56 Å². The molecule has 1 heterocycles. The van der Waals surface area contributed by atoms with Crippen LogP contribution in [-0.2, 0) is 0 Å². The topological polar surface area (TPSA) is 147 Å². The lowest BCUT2D eigenvalue weighted by Crippen LogP contribution is -2.02. The zero-order valence-electron chi connectivity index (χ0n) is 11.0. The van der Waals surface area contributed by atoms with E-state index in [1.54, 1.807) is 6.92 Å². The van der Waals surface area contributed by atoms with Gasteiger partial charge in [-0.1, -0.05) is 11.6 Å². The summed E-state index contributed by atoms with van der Waals surface area (Å²) in [5.41, 5.74) is 5.09. The van der Waals surface area contributed by atoms with Gasteiger partial charge in [-0.3, -0.25) is 20.2 Å². The number of aromatic nitrogens is 2. The molecule has 11 heteroatoms. The van der Waals surface area contributed by atoms with E-state index >= 15 is 0 Å². The fraction of sp³-hybridized carbons (Fsp3) is 0.0909. The van der Waals surface area contributed by atoms with E-state index in [1.807, 2.05) is 0 Å². The van der Waals surface area contributed by atoms with E-state index in [2.05, 4.69) is 9.97 Å². The SMILES string of the molecule is Cc1cc(Cl)c([N+](=O)[O-])cc1Oc1ncc([N+](=O)[O-])c(N)n1. The maximum absolute atomic E-state index is 10.9. The molecule has 0 fully saturated rings. The molecule has 0 aliphatic rings. The second-order valence-electron chi connectivity index (χ2n) is 4.11. The molecule has 0 atom stereocenters. The Balaban J connectivity index is 2.39. The third-order valence-corrected chi connectivity index (χ3v) is 2.92. The highest BCUT2D eigenvalue weighted by Crippen LogP contribution is 2.34. The van der Waals surface area contributed by atoms with E-state index in [1.165, 1.54) is 6.07 Å². The molecule has 0 saturated carbocycles. The standard InChI is InChI=1S/C11H8ClN5O5/c1-5-2-6(12)7(16(18)19)3-9(5)22-11-14-4-8(17(20)21)10(13)15-11/h2-4H,1H3,(H2,13,14,15). The maximum Gasteiger partial charge on any atom is 0.329 e. The summed E-state index contributed by atoms with van der Waals surface area (Å²) in [5, 5.41) is 21.4. The molecule has 0 radical (unpaired) electrons. The highest BCUT2D eigenvalue weighted by molar-refractivity contribution is 6.32. The van der Waals surface area contributed by atoms with E-state index in [9.17, 15) is 20.2 Å². The number of nitro groups is 2. The molecule has 0 aliphatic heterocycles. The van der Waals surface area contributed by atoms with Crippen molar-refractivity contribution in [1.82, 2.24) is 9.97 Å². The molecule has 2 aromatic rings. The fourth-order valence-corrected chi connectivity index (χ4v) is 1.84. The second kappa shape index (κ2) is 5.77. The van der Waals surface area contributed by atoms with Gasteiger partial charge in [0.1, 0.15) is 17.0 Å². The van der Waals surface area contributed by atoms with Crippen LogP contribution in [0, 0.1) is 27.2 Å². The Kier molecular flexibility index (Phi) is 4.04. The predicted molar refractivity (Wildman–Crippen MR) is 76.0 cm³/mol. The largest absolute Gasteiger partial charge is 0.424 e. The molecule has 2 N–H and O–H groups in total. The summed E-state index contributed by atoms with van der Waals surface area (Å²) < 4.78 is 5.28. The fourth-order valence-electron chi connectivity index (χ4n) is 1.55. The zero-order chi connectivity index (χ0) is 16.4. The second-order valence-corrected chi connectivity index (χ2v) is 4.52. The molecular weight excluding hydrogens is 318 g/mol. The summed E-state index contributed by atoms with van der Waals surface area (Å²) in [6, 6.07) is 2.19. The summed E-state index contributed by atoms with van der Waals surface area (Å²) in [5.74, 6) is -0.291. The number of nitro benzene ring substituents is 1. The van der Waals surface area contributed by atoms with Gasteiger partial charge in [0, 0.05) is 0 Å². The van der Waals surface area contributed by atoms with Gasteiger partial charge in [-0.25, -0.2) is 0 Å². The molecule has 22 heavy (non-hydrogen) atoms. The first-order valence-corrected chi connectivity index (χ1v) is 6.06. The zero-order valence-corrected chi connectivity index (χ0v) is 11.8. The van der Waals surface area contributed by atoms with Crippen LogP contribution in [0.25, 0.3) is 0 Å². The molecule has 2 rings (SSSR count). The number of nitrogens with two attached hydrogens (primary N) is 1. The van der Waals surface area contributed by atoms with E-state index < -0.39 is 15.5 Å². The molecule has 10 nitrogen and oxygen atoms in total. The normalized spacial score (nSPS) is 10.3. The lowest BCUT2D eigenvalue weighted by atomic mass is 10.2. The maximum atomic E-state index is 10.9. The molecule has 1 aromatic heterocycles. The van der Waals surface area contributed by atoms with E-state index in [-0.39, 0.29) is 28.3 Å². The quantitative estimate of drug-likeness (QED) is 0.666. The molecule has 0 bridgehead atoms. The van der Waals surface area contributed by atoms with Crippen LogP contribution >= 0.6 is 11.6 Å². The van der Waals surface area contributed by atoms with Crippen molar-refractivity contribution in [2.45, 2.75) is 6.92 Å². The summed E-state index contributed by atoms with van der Waals surface area (Å²) >= 11 is 5.76. The molecule has 1 aromatic carbocycles. The first kappa shape index (κ1) is 15.4. The number of halogens is 1. The summed E-state index contributed by atoms with van der Waals surface area (Å²) in [6.07, 6.45) is 0.886. The Labute approximate surface area is 127 Å². The summed E-state index contributed by atoms with van der Waals surface area (Å²) in [7, 11) is 0. The van der Waals surface area contributed by atoms with Crippen LogP contribution in [0.1, 0.15) is 5.56 Å². The van der Waals surface area contributed by atoms with Crippen LogP contribution in [0.3, 0.4) is 0 Å². The molecule has 0 aliphatic carbocycles. The number of benzene rings is 1. The van der Waals surface area contributed by atoms with Crippen LogP contribution in [-0.4, -0.2) is 19.8 Å².